The summed E-state index contributed by atoms with van der Waals surface area (Å²) in [5, 5.41) is 3.30. The van der Waals surface area contributed by atoms with Crippen LogP contribution in [0.4, 0.5) is 0 Å². The number of hydrogen-bond acceptors (Lipinski definition) is 4. The fourth-order valence-electron chi connectivity index (χ4n) is 3.00. The zero-order chi connectivity index (χ0) is 17.1. The maximum absolute atomic E-state index is 12.4. The van der Waals surface area contributed by atoms with Crippen molar-refractivity contribution in [2.45, 2.75) is 32.7 Å². The van der Waals surface area contributed by atoms with Crippen molar-refractivity contribution >= 4 is 21.8 Å². The molecule has 1 N–H and O–H groups in total. The minimum atomic E-state index is 0.171. The second kappa shape index (κ2) is 7.49. The van der Waals surface area contributed by atoms with E-state index in [1.165, 1.54) is 0 Å². The monoisotopic (exact) mass is 391 g/mol. The largest absolute Gasteiger partial charge is 0.440 e. The molecular weight excluding hydrogens is 370 g/mol. The van der Waals surface area contributed by atoms with E-state index in [0.717, 1.165) is 41.1 Å². The molecule has 1 saturated heterocycles. The van der Waals surface area contributed by atoms with Gasteiger partial charge in [-0.05, 0) is 26.0 Å². The van der Waals surface area contributed by atoms with E-state index >= 15 is 0 Å². The first-order chi connectivity index (χ1) is 11.5. The maximum Gasteiger partial charge on any atom is 0.223 e. The van der Waals surface area contributed by atoms with Crippen molar-refractivity contribution in [3.05, 3.63) is 40.3 Å². The Morgan fingerprint density at radius 1 is 1.42 bits per heavy atom. The van der Waals surface area contributed by atoms with Crippen LogP contribution in [0, 0.1) is 6.92 Å². The van der Waals surface area contributed by atoms with Crippen molar-refractivity contribution in [1.82, 2.24) is 15.2 Å². The molecule has 1 fully saturated rings. The second-order valence-electron chi connectivity index (χ2n) is 6.17. The summed E-state index contributed by atoms with van der Waals surface area (Å²) in [6, 6.07) is 8.19. The zero-order valence-corrected chi connectivity index (χ0v) is 15.6. The lowest BCUT2D eigenvalue weighted by molar-refractivity contribution is -0.134. The number of hydrogen-bond donors (Lipinski definition) is 1. The van der Waals surface area contributed by atoms with Gasteiger partial charge in [-0.3, -0.25) is 4.79 Å². The molecule has 0 spiro atoms. The molecule has 3 rings (SSSR count). The summed E-state index contributed by atoms with van der Waals surface area (Å²) in [4.78, 5) is 18.8. The molecule has 2 aromatic rings. The average molecular weight is 392 g/mol. The molecule has 1 aromatic heterocycles. The van der Waals surface area contributed by atoms with Gasteiger partial charge in [0.2, 0.25) is 5.91 Å². The summed E-state index contributed by atoms with van der Waals surface area (Å²) in [5.74, 6) is 1.58. The molecule has 1 aromatic carbocycles. The first-order valence-electron chi connectivity index (χ1n) is 8.27. The molecule has 0 unspecified atom stereocenters. The summed E-state index contributed by atoms with van der Waals surface area (Å²) >= 11 is 3.43. The minimum Gasteiger partial charge on any atom is -0.440 e. The smallest absolute Gasteiger partial charge is 0.223 e. The topological polar surface area (TPSA) is 58.4 Å². The molecule has 5 nitrogen and oxygen atoms in total. The quantitative estimate of drug-likeness (QED) is 0.869. The third-order valence-electron chi connectivity index (χ3n) is 4.32. The fourth-order valence-corrected chi connectivity index (χ4v) is 3.26. The van der Waals surface area contributed by atoms with E-state index in [9.17, 15) is 4.79 Å². The summed E-state index contributed by atoms with van der Waals surface area (Å²) in [6.07, 6.45) is 0.969. The highest BCUT2D eigenvalue weighted by atomic mass is 79.9. The van der Waals surface area contributed by atoms with Gasteiger partial charge in [0.25, 0.3) is 0 Å². The summed E-state index contributed by atoms with van der Waals surface area (Å²) in [7, 11) is 0. The Kier molecular flexibility index (Phi) is 5.36. The number of aryl methyl sites for hydroxylation is 2. The molecule has 6 heteroatoms. The molecule has 0 aliphatic carbocycles. The molecule has 0 radical (unpaired) electrons. The van der Waals surface area contributed by atoms with Crippen LogP contribution in [-0.2, 0) is 11.2 Å². The van der Waals surface area contributed by atoms with Gasteiger partial charge in [-0.25, -0.2) is 4.98 Å². The summed E-state index contributed by atoms with van der Waals surface area (Å²) < 4.78 is 6.92. The lowest BCUT2D eigenvalue weighted by Gasteiger charge is -2.34. The van der Waals surface area contributed by atoms with Crippen LogP contribution in [-0.4, -0.2) is 41.5 Å². The van der Waals surface area contributed by atoms with Gasteiger partial charge >= 0.3 is 0 Å². The Balaban J connectivity index is 1.65. The fraction of sp³-hybridized carbons (Fsp3) is 0.444. The van der Waals surface area contributed by atoms with Gasteiger partial charge in [0.15, 0.2) is 11.7 Å². The average Bonchev–Trinajstić information content (AvgIpc) is 2.95. The van der Waals surface area contributed by atoms with Crippen LogP contribution in [0.5, 0.6) is 0 Å². The highest BCUT2D eigenvalue weighted by molar-refractivity contribution is 9.10. The highest BCUT2D eigenvalue weighted by Gasteiger charge is 2.23. The number of rotatable bonds is 4. The van der Waals surface area contributed by atoms with Crippen molar-refractivity contribution < 1.29 is 9.21 Å². The van der Waals surface area contributed by atoms with E-state index < -0.39 is 0 Å². The molecular formula is C18H22BrN3O2. The molecule has 1 amide bonds. The van der Waals surface area contributed by atoms with Crippen molar-refractivity contribution in [2.75, 3.05) is 19.6 Å². The van der Waals surface area contributed by atoms with Crippen LogP contribution < -0.4 is 5.32 Å². The second-order valence-corrected chi connectivity index (χ2v) is 7.08. The molecule has 1 aliphatic heterocycles. The predicted octanol–water partition coefficient (Wildman–Crippen LogP) is 3.17. The van der Waals surface area contributed by atoms with Crippen LogP contribution >= 0.6 is 15.9 Å². The Hall–Kier alpha value is -1.66. The number of amides is 1. The van der Waals surface area contributed by atoms with Crippen LogP contribution in [0.2, 0.25) is 0 Å². The van der Waals surface area contributed by atoms with Crippen molar-refractivity contribution in [3.63, 3.8) is 0 Å². The number of nitrogens with one attached hydrogen (secondary N) is 1. The van der Waals surface area contributed by atoms with Crippen LogP contribution in [0.15, 0.2) is 33.2 Å². The summed E-state index contributed by atoms with van der Waals surface area (Å²) in [6.45, 7) is 6.50. The first-order valence-corrected chi connectivity index (χ1v) is 9.06. The lowest BCUT2D eigenvalue weighted by Crippen LogP contribution is -2.52. The maximum atomic E-state index is 12.4. The highest BCUT2D eigenvalue weighted by Crippen LogP contribution is 2.26. The van der Waals surface area contributed by atoms with Crippen LogP contribution in [0.25, 0.3) is 11.3 Å². The van der Waals surface area contributed by atoms with E-state index in [2.05, 4.69) is 33.2 Å². The number of carbonyl (C=O) groups is 1. The van der Waals surface area contributed by atoms with Crippen LogP contribution in [0.3, 0.4) is 0 Å². The Labute approximate surface area is 150 Å². The SMILES string of the molecule is Cc1nc(CCC(=O)N2CCNC[C@H]2C)oc1-c1ccc(Br)cc1. The number of piperazine rings is 1. The number of benzene rings is 1. The molecule has 1 aliphatic rings. The van der Waals surface area contributed by atoms with Crippen molar-refractivity contribution in [3.8, 4) is 11.3 Å². The van der Waals surface area contributed by atoms with E-state index in [-0.39, 0.29) is 11.9 Å². The third-order valence-corrected chi connectivity index (χ3v) is 4.85. The number of oxazole rings is 1. The van der Waals surface area contributed by atoms with Gasteiger partial charge in [0, 0.05) is 48.6 Å². The van der Waals surface area contributed by atoms with Gasteiger partial charge < -0.3 is 14.6 Å². The van der Waals surface area contributed by atoms with Crippen LogP contribution in [0.1, 0.15) is 24.9 Å². The van der Waals surface area contributed by atoms with Gasteiger partial charge in [-0.2, -0.15) is 0 Å². The van der Waals surface area contributed by atoms with E-state index in [0.29, 0.717) is 18.7 Å². The van der Waals surface area contributed by atoms with Crippen molar-refractivity contribution in [2.24, 2.45) is 0 Å². The Morgan fingerprint density at radius 2 is 2.17 bits per heavy atom. The minimum absolute atomic E-state index is 0.171. The summed E-state index contributed by atoms with van der Waals surface area (Å²) in [5.41, 5.74) is 1.85. The number of halogens is 1. The molecule has 1 atom stereocenters. The predicted molar refractivity (Wildman–Crippen MR) is 96.7 cm³/mol. The first kappa shape index (κ1) is 17.2. The third kappa shape index (κ3) is 3.87. The molecule has 0 saturated carbocycles. The van der Waals surface area contributed by atoms with E-state index in [1.54, 1.807) is 0 Å². The lowest BCUT2D eigenvalue weighted by atomic mass is 10.1. The standard InChI is InChI=1S/C18H22BrN3O2/c1-12-11-20-9-10-22(12)17(23)8-7-16-21-13(2)18(24-16)14-3-5-15(19)6-4-14/h3-6,12,20H,7-11H2,1-2H3/t12-/m1/s1. The number of nitrogens with zero attached hydrogens (tertiary/aromatic N) is 2. The van der Waals surface area contributed by atoms with Gasteiger partial charge in [0.05, 0.1) is 5.69 Å². The van der Waals surface area contributed by atoms with Gasteiger partial charge in [-0.1, -0.05) is 28.1 Å². The zero-order valence-electron chi connectivity index (χ0n) is 14.0. The molecule has 24 heavy (non-hydrogen) atoms. The molecule has 0 bridgehead atoms. The van der Waals surface area contributed by atoms with E-state index in [1.807, 2.05) is 36.1 Å². The number of aromatic nitrogens is 1. The van der Waals surface area contributed by atoms with Crippen molar-refractivity contribution in [1.29, 1.82) is 0 Å². The normalized spacial score (nSPS) is 18.0. The Bertz CT molecular complexity index is 712. The van der Waals surface area contributed by atoms with Gasteiger partial charge in [0.1, 0.15) is 0 Å². The Morgan fingerprint density at radius 3 is 2.88 bits per heavy atom. The molecule has 128 valence electrons. The number of carbonyl (C=O) groups excluding carboxylic acids is 1. The van der Waals surface area contributed by atoms with Gasteiger partial charge in [-0.15, -0.1) is 0 Å². The van der Waals surface area contributed by atoms with E-state index in [4.69, 9.17) is 4.42 Å². The molecule has 2 heterocycles.